The summed E-state index contributed by atoms with van der Waals surface area (Å²) in [6.07, 6.45) is 0. The average molecular weight is 319 g/mol. The molecule has 0 aliphatic rings. The minimum Gasteiger partial charge on any atom is -0.258 e. The summed E-state index contributed by atoms with van der Waals surface area (Å²) < 4.78 is 0. The molecule has 1 heterocycles. The van der Waals surface area contributed by atoms with Gasteiger partial charge in [0.25, 0.3) is 0 Å². The molecular weight excluding hydrogens is 311 g/mol. The fourth-order valence-corrected chi connectivity index (χ4v) is 2.69. The van der Waals surface area contributed by atoms with Crippen LogP contribution in [0, 0.1) is 10.1 Å². The molecule has 3 rings (SSSR count). The summed E-state index contributed by atoms with van der Waals surface area (Å²) in [5.74, 6) is 0. The lowest BCUT2D eigenvalue weighted by Crippen LogP contribution is -1.97. The summed E-state index contributed by atoms with van der Waals surface area (Å²) in [5.41, 5.74) is 1.48. The van der Waals surface area contributed by atoms with Gasteiger partial charge >= 0.3 is 5.69 Å². The molecule has 0 radical (unpaired) electrons. The second kappa shape index (κ2) is 5.31. The first kappa shape index (κ1) is 13.8. The molecule has 4 nitrogen and oxygen atoms in total. The van der Waals surface area contributed by atoms with Crippen LogP contribution in [0.5, 0.6) is 0 Å². The third-order valence-corrected chi connectivity index (χ3v) is 3.62. The number of hydrogen-bond acceptors (Lipinski definition) is 3. The molecule has 6 heteroatoms. The van der Waals surface area contributed by atoms with Gasteiger partial charge in [-0.25, -0.2) is 4.98 Å². The smallest absolute Gasteiger partial charge is 0.258 e. The topological polar surface area (TPSA) is 56.0 Å². The SMILES string of the molecule is O=[N+]([O-])c1c(Cl)nc2ccc(Cl)cc2c1-c1ccccc1. The lowest BCUT2D eigenvalue weighted by molar-refractivity contribution is -0.384. The highest BCUT2D eigenvalue weighted by molar-refractivity contribution is 6.34. The van der Waals surface area contributed by atoms with Crippen LogP contribution >= 0.6 is 23.2 Å². The number of fused-ring (bicyclic) bond motifs is 1. The fourth-order valence-electron chi connectivity index (χ4n) is 2.26. The molecule has 104 valence electrons. The van der Waals surface area contributed by atoms with Crippen molar-refractivity contribution in [1.29, 1.82) is 0 Å². The molecule has 21 heavy (non-hydrogen) atoms. The second-order valence-electron chi connectivity index (χ2n) is 4.41. The summed E-state index contributed by atoms with van der Waals surface area (Å²) in [7, 11) is 0. The Bertz CT molecular complexity index is 851. The molecular formula is C15H8Cl2N2O2. The van der Waals surface area contributed by atoms with E-state index in [1.165, 1.54) is 0 Å². The number of aromatic nitrogens is 1. The molecule has 0 bridgehead atoms. The predicted molar refractivity (Wildman–Crippen MR) is 83.9 cm³/mol. The van der Waals surface area contributed by atoms with Gasteiger partial charge in [0.05, 0.1) is 16.0 Å². The molecule has 0 aliphatic carbocycles. The lowest BCUT2D eigenvalue weighted by atomic mass is 10.00. The summed E-state index contributed by atoms with van der Waals surface area (Å²) in [4.78, 5) is 15.0. The fraction of sp³-hybridized carbons (Fsp3) is 0. The highest BCUT2D eigenvalue weighted by atomic mass is 35.5. The Morgan fingerprint density at radius 3 is 2.43 bits per heavy atom. The Balaban J connectivity index is 2.50. The molecule has 1 aromatic heterocycles. The van der Waals surface area contributed by atoms with Gasteiger partial charge in [-0.05, 0) is 23.8 Å². The quantitative estimate of drug-likeness (QED) is 0.374. The van der Waals surface area contributed by atoms with Gasteiger partial charge in [0.1, 0.15) is 0 Å². The molecule has 0 saturated heterocycles. The molecule has 0 amide bonds. The highest BCUT2D eigenvalue weighted by Crippen LogP contribution is 2.40. The van der Waals surface area contributed by atoms with Crippen LogP contribution in [0.3, 0.4) is 0 Å². The number of nitrogens with zero attached hydrogens (tertiary/aromatic N) is 2. The van der Waals surface area contributed by atoms with Crippen molar-refractivity contribution in [1.82, 2.24) is 4.98 Å². The van der Waals surface area contributed by atoms with Crippen LogP contribution < -0.4 is 0 Å². The molecule has 0 unspecified atom stereocenters. The molecule has 2 aromatic carbocycles. The van der Waals surface area contributed by atoms with Crippen molar-refractivity contribution in [2.45, 2.75) is 0 Å². The van der Waals surface area contributed by atoms with Gasteiger partial charge in [-0.2, -0.15) is 0 Å². The van der Waals surface area contributed by atoms with Crippen molar-refractivity contribution in [3.8, 4) is 11.1 Å². The van der Waals surface area contributed by atoms with Gasteiger partial charge in [-0.1, -0.05) is 53.5 Å². The van der Waals surface area contributed by atoms with Crippen molar-refractivity contribution in [3.63, 3.8) is 0 Å². The minimum absolute atomic E-state index is 0.131. The minimum atomic E-state index is -0.516. The van der Waals surface area contributed by atoms with Gasteiger partial charge in [0.2, 0.25) is 5.15 Å². The van der Waals surface area contributed by atoms with E-state index in [2.05, 4.69) is 4.98 Å². The van der Waals surface area contributed by atoms with Crippen LogP contribution in [0.2, 0.25) is 10.2 Å². The maximum absolute atomic E-state index is 11.4. The normalized spacial score (nSPS) is 10.8. The summed E-state index contributed by atoms with van der Waals surface area (Å²) in [6.45, 7) is 0. The van der Waals surface area contributed by atoms with Crippen molar-refractivity contribution >= 4 is 39.8 Å². The second-order valence-corrected chi connectivity index (χ2v) is 5.21. The van der Waals surface area contributed by atoms with E-state index in [-0.39, 0.29) is 10.8 Å². The van der Waals surface area contributed by atoms with E-state index >= 15 is 0 Å². The van der Waals surface area contributed by atoms with Crippen LogP contribution in [0.1, 0.15) is 0 Å². The Hall–Kier alpha value is -2.17. The van der Waals surface area contributed by atoms with Gasteiger partial charge in [-0.3, -0.25) is 10.1 Å². The molecule has 3 aromatic rings. The molecule has 0 N–H and O–H groups in total. The van der Waals surface area contributed by atoms with Crippen LogP contribution in [-0.2, 0) is 0 Å². The Kier molecular flexibility index (Phi) is 3.49. The van der Waals surface area contributed by atoms with Crippen molar-refractivity contribution in [2.75, 3.05) is 0 Å². The number of rotatable bonds is 2. The molecule has 0 fully saturated rings. The van der Waals surface area contributed by atoms with E-state index in [1.807, 2.05) is 18.2 Å². The van der Waals surface area contributed by atoms with Crippen LogP contribution in [-0.4, -0.2) is 9.91 Å². The van der Waals surface area contributed by atoms with E-state index in [9.17, 15) is 10.1 Å². The summed E-state index contributed by atoms with van der Waals surface area (Å²) in [6, 6.07) is 14.1. The average Bonchev–Trinajstić information content (AvgIpc) is 2.47. The predicted octanol–water partition coefficient (Wildman–Crippen LogP) is 5.12. The zero-order valence-electron chi connectivity index (χ0n) is 10.6. The van der Waals surface area contributed by atoms with Gasteiger partial charge in [0, 0.05) is 10.4 Å². The van der Waals surface area contributed by atoms with Crippen LogP contribution in [0.15, 0.2) is 48.5 Å². The first-order valence-corrected chi connectivity index (χ1v) is 6.82. The van der Waals surface area contributed by atoms with Gasteiger partial charge < -0.3 is 0 Å². The maximum atomic E-state index is 11.4. The third kappa shape index (κ3) is 2.44. The van der Waals surface area contributed by atoms with E-state index in [0.29, 0.717) is 27.1 Å². The maximum Gasteiger partial charge on any atom is 0.314 e. The van der Waals surface area contributed by atoms with Crippen LogP contribution in [0.25, 0.3) is 22.0 Å². The molecule has 0 spiro atoms. The summed E-state index contributed by atoms with van der Waals surface area (Å²) >= 11 is 12.0. The zero-order chi connectivity index (χ0) is 15.0. The number of benzene rings is 2. The third-order valence-electron chi connectivity index (χ3n) is 3.12. The van der Waals surface area contributed by atoms with E-state index in [0.717, 1.165) is 0 Å². The first-order chi connectivity index (χ1) is 10.1. The zero-order valence-corrected chi connectivity index (χ0v) is 12.1. The van der Waals surface area contributed by atoms with Gasteiger partial charge in [-0.15, -0.1) is 0 Å². The molecule has 0 aliphatic heterocycles. The standard InChI is InChI=1S/C15H8Cl2N2O2/c16-10-6-7-12-11(8-10)13(9-4-2-1-3-5-9)14(19(20)21)15(17)18-12/h1-8H. The van der Waals surface area contributed by atoms with E-state index < -0.39 is 4.92 Å². The van der Waals surface area contributed by atoms with E-state index in [4.69, 9.17) is 23.2 Å². The van der Waals surface area contributed by atoms with Crippen molar-refractivity contribution in [3.05, 3.63) is 68.8 Å². The molecule has 0 atom stereocenters. The monoisotopic (exact) mass is 318 g/mol. The van der Waals surface area contributed by atoms with Crippen molar-refractivity contribution in [2.24, 2.45) is 0 Å². The number of hydrogen-bond donors (Lipinski definition) is 0. The van der Waals surface area contributed by atoms with E-state index in [1.54, 1.807) is 30.3 Å². The molecule has 0 saturated carbocycles. The summed E-state index contributed by atoms with van der Waals surface area (Å²) in [5, 5.41) is 12.3. The van der Waals surface area contributed by atoms with Crippen LogP contribution in [0.4, 0.5) is 5.69 Å². The Labute approximate surface area is 130 Å². The number of nitro groups is 1. The lowest BCUT2D eigenvalue weighted by Gasteiger charge is -2.09. The largest absolute Gasteiger partial charge is 0.314 e. The van der Waals surface area contributed by atoms with Crippen molar-refractivity contribution < 1.29 is 4.92 Å². The number of pyridine rings is 1. The Morgan fingerprint density at radius 2 is 1.76 bits per heavy atom. The highest BCUT2D eigenvalue weighted by Gasteiger charge is 2.24. The first-order valence-electron chi connectivity index (χ1n) is 6.06. The Morgan fingerprint density at radius 1 is 1.05 bits per heavy atom. The van der Waals surface area contributed by atoms with Gasteiger partial charge in [0.15, 0.2) is 0 Å². The number of halogens is 2.